The number of hydrogen-bond donors (Lipinski definition) is 2. The molecule has 0 aromatic carbocycles. The van der Waals surface area contributed by atoms with Crippen molar-refractivity contribution in [2.24, 2.45) is 0 Å². The van der Waals surface area contributed by atoms with E-state index in [2.05, 4.69) is 5.09 Å². The lowest BCUT2D eigenvalue weighted by molar-refractivity contribution is -0.115. The molecular weight excluding hydrogens is 257 g/mol. The number of unbranched alkanes of at least 4 members (excludes halogenated alkanes) is 1. The molecule has 1 amide bonds. The Bertz CT molecular complexity index is 273. The van der Waals surface area contributed by atoms with Gasteiger partial charge in [0, 0.05) is 12.0 Å². The molecule has 2 N–H and O–H groups in total. The van der Waals surface area contributed by atoms with Gasteiger partial charge in [0.2, 0.25) is 0 Å². The largest absolute Gasteiger partial charge is 0.329 e. The van der Waals surface area contributed by atoms with E-state index in [0.29, 0.717) is 6.61 Å². The minimum atomic E-state index is -3.18. The summed E-state index contributed by atoms with van der Waals surface area (Å²) < 4.78 is 5.00. The van der Waals surface area contributed by atoms with Crippen molar-refractivity contribution in [3.63, 3.8) is 0 Å². The molecule has 0 fully saturated rings. The second kappa shape index (κ2) is 8.25. The third-order valence-corrected chi connectivity index (χ3v) is 3.18. The van der Waals surface area contributed by atoms with Crippen molar-refractivity contribution in [3.8, 4) is 0 Å². The highest BCUT2D eigenvalue weighted by atomic mass is 35.5. The maximum atomic E-state index is 11.1. The van der Waals surface area contributed by atoms with E-state index in [1.807, 2.05) is 6.92 Å². The third-order valence-electron chi connectivity index (χ3n) is 1.37. The van der Waals surface area contributed by atoms with E-state index < -0.39 is 12.5 Å². The van der Waals surface area contributed by atoms with Crippen molar-refractivity contribution in [2.45, 2.75) is 19.8 Å². The summed E-state index contributed by atoms with van der Waals surface area (Å²) in [6.45, 7) is -0.836. The van der Waals surface area contributed by atoms with Crippen LogP contribution in [0.25, 0.3) is 0 Å². The monoisotopic (exact) mass is 271 g/mol. The maximum absolute atomic E-state index is 11.1. The van der Waals surface area contributed by atoms with Gasteiger partial charge in [-0.2, -0.15) is 0 Å². The Kier molecular flexibility index (Phi) is 8.29. The highest BCUT2D eigenvalue weighted by molar-refractivity contribution is 8.08. The van der Waals surface area contributed by atoms with Crippen LogP contribution in [0, 0.1) is 0 Å². The van der Waals surface area contributed by atoms with E-state index in [1.165, 1.54) is 12.2 Å². The van der Waals surface area contributed by atoms with Gasteiger partial charge in [-0.25, -0.2) is 0 Å². The lowest BCUT2D eigenvalue weighted by Crippen LogP contribution is -2.19. The van der Waals surface area contributed by atoms with Crippen LogP contribution in [-0.2, 0) is 21.1 Å². The highest BCUT2D eigenvalue weighted by Gasteiger charge is 2.15. The molecule has 0 rings (SSSR count). The van der Waals surface area contributed by atoms with Gasteiger partial charge in [0.15, 0.2) is 0 Å². The first-order valence-corrected chi connectivity index (χ1v) is 7.74. The summed E-state index contributed by atoms with van der Waals surface area (Å²) in [5, 5.41) is 2.22. The van der Waals surface area contributed by atoms with Crippen molar-refractivity contribution in [1.29, 1.82) is 0 Å². The normalized spacial score (nSPS) is 15.1. The van der Waals surface area contributed by atoms with E-state index in [1.54, 1.807) is 0 Å². The molecule has 4 nitrogen and oxygen atoms in total. The van der Waals surface area contributed by atoms with E-state index >= 15 is 0 Å². The summed E-state index contributed by atoms with van der Waals surface area (Å²) in [5.41, 5.74) is 0. The molecule has 0 aromatic heterocycles. The molecule has 0 saturated heterocycles. The van der Waals surface area contributed by atoms with Crippen molar-refractivity contribution >= 4 is 36.0 Å². The Morgan fingerprint density at radius 2 is 2.40 bits per heavy atom. The first-order chi connectivity index (χ1) is 7.02. The smallest absolute Gasteiger partial charge is 0.287 e. The minimum Gasteiger partial charge on any atom is -0.329 e. The Hall–Kier alpha value is 0.0700. The highest BCUT2D eigenvalue weighted by Crippen LogP contribution is 2.37. The maximum Gasteiger partial charge on any atom is 0.287 e. The average Bonchev–Trinajstić information content (AvgIpc) is 2.14. The topological polar surface area (TPSA) is 58.6 Å². The van der Waals surface area contributed by atoms with Crippen LogP contribution < -0.4 is 5.09 Å². The standard InChI is InChI=1S/C8H15ClNO3PS/c1-2-3-7-13-14(12,15)10-8(11)5-4-6-9/h4-5H,2-3,6-7H2,1H3,(H2,10,11,12,15)/b5-4+. The Labute approximate surface area is 99.9 Å². The molecule has 0 aliphatic carbocycles. The fraction of sp³-hybridized carbons (Fsp3) is 0.625. The predicted molar refractivity (Wildman–Crippen MR) is 65.4 cm³/mol. The Morgan fingerprint density at radius 1 is 1.73 bits per heavy atom. The van der Waals surface area contributed by atoms with Gasteiger partial charge in [-0.3, -0.25) is 9.88 Å². The van der Waals surface area contributed by atoms with Crippen molar-refractivity contribution in [1.82, 2.24) is 5.09 Å². The van der Waals surface area contributed by atoms with Gasteiger partial charge in [-0.15, -0.1) is 11.6 Å². The number of nitrogens with one attached hydrogen (secondary N) is 1. The van der Waals surface area contributed by atoms with Gasteiger partial charge < -0.3 is 9.42 Å². The fourth-order valence-electron chi connectivity index (χ4n) is 0.693. The SMILES string of the molecule is CCCCOP(O)(=S)NC(=O)/C=C/CCl. The van der Waals surface area contributed by atoms with Gasteiger partial charge >= 0.3 is 0 Å². The van der Waals surface area contributed by atoms with E-state index in [9.17, 15) is 9.69 Å². The molecule has 15 heavy (non-hydrogen) atoms. The molecule has 0 bridgehead atoms. The zero-order valence-electron chi connectivity index (χ0n) is 8.48. The molecule has 7 heteroatoms. The third kappa shape index (κ3) is 9.03. The predicted octanol–water partition coefficient (Wildman–Crippen LogP) is 1.93. The van der Waals surface area contributed by atoms with Crippen LogP contribution in [-0.4, -0.2) is 23.3 Å². The number of allylic oxidation sites excluding steroid dienone is 1. The van der Waals surface area contributed by atoms with E-state index in [0.717, 1.165) is 12.8 Å². The molecule has 0 aromatic rings. The number of rotatable bonds is 7. The number of carbonyl (C=O) groups excluding carboxylic acids is 1. The first kappa shape index (κ1) is 15.1. The van der Waals surface area contributed by atoms with Crippen LogP contribution in [0.5, 0.6) is 0 Å². The summed E-state index contributed by atoms with van der Waals surface area (Å²) in [4.78, 5) is 20.6. The number of hydrogen-bond acceptors (Lipinski definition) is 3. The van der Waals surface area contributed by atoms with Crippen LogP contribution in [0.3, 0.4) is 0 Å². The average molecular weight is 272 g/mol. The van der Waals surface area contributed by atoms with Crippen LogP contribution in [0.2, 0.25) is 0 Å². The molecular formula is C8H15ClNO3PS. The van der Waals surface area contributed by atoms with Crippen LogP contribution in [0.15, 0.2) is 12.2 Å². The summed E-state index contributed by atoms with van der Waals surface area (Å²) in [5.74, 6) is -0.253. The van der Waals surface area contributed by atoms with E-state index in [-0.39, 0.29) is 5.88 Å². The van der Waals surface area contributed by atoms with Gasteiger partial charge in [0.25, 0.3) is 12.5 Å². The number of carbonyl (C=O) groups is 1. The summed E-state index contributed by atoms with van der Waals surface area (Å²) in [6.07, 6.45) is 4.41. The molecule has 0 spiro atoms. The van der Waals surface area contributed by atoms with Crippen molar-refractivity contribution < 1.29 is 14.2 Å². The lowest BCUT2D eigenvalue weighted by Gasteiger charge is -2.15. The number of alkyl halides is 1. The van der Waals surface area contributed by atoms with Gasteiger partial charge in [-0.1, -0.05) is 19.4 Å². The minimum absolute atomic E-state index is 0.235. The van der Waals surface area contributed by atoms with Crippen LogP contribution in [0.1, 0.15) is 19.8 Å². The second-order valence-electron chi connectivity index (χ2n) is 2.74. The summed E-state index contributed by atoms with van der Waals surface area (Å²) in [6, 6.07) is 0. The van der Waals surface area contributed by atoms with Crippen LogP contribution in [0.4, 0.5) is 0 Å². The van der Waals surface area contributed by atoms with E-state index in [4.69, 9.17) is 27.9 Å². The van der Waals surface area contributed by atoms with Gasteiger partial charge in [-0.05, 0) is 18.2 Å². The summed E-state index contributed by atoms with van der Waals surface area (Å²) in [7, 11) is 0. The molecule has 0 heterocycles. The molecule has 1 unspecified atom stereocenters. The van der Waals surface area contributed by atoms with Crippen molar-refractivity contribution in [2.75, 3.05) is 12.5 Å². The molecule has 0 aliphatic heterocycles. The lowest BCUT2D eigenvalue weighted by atomic mass is 10.4. The molecule has 1 atom stereocenters. The quantitative estimate of drug-likeness (QED) is 0.322. The van der Waals surface area contributed by atoms with Crippen LogP contribution >= 0.6 is 18.2 Å². The van der Waals surface area contributed by atoms with Crippen molar-refractivity contribution in [3.05, 3.63) is 12.2 Å². The molecule has 0 aliphatic rings. The zero-order chi connectivity index (χ0) is 11.7. The number of amides is 1. The van der Waals surface area contributed by atoms with Gasteiger partial charge in [0.05, 0.1) is 6.61 Å². The Balaban J connectivity index is 3.96. The fourth-order valence-corrected chi connectivity index (χ4v) is 2.07. The Morgan fingerprint density at radius 3 is 2.93 bits per heavy atom. The van der Waals surface area contributed by atoms with Gasteiger partial charge in [0.1, 0.15) is 0 Å². The molecule has 88 valence electrons. The first-order valence-electron chi connectivity index (χ1n) is 4.54. The zero-order valence-corrected chi connectivity index (χ0v) is 10.9. The summed E-state index contributed by atoms with van der Waals surface area (Å²) >= 11 is 10.1. The molecule has 0 radical (unpaired) electrons. The molecule has 0 saturated carbocycles. The second-order valence-corrected chi connectivity index (χ2v) is 6.06. The number of halogens is 1.